The van der Waals surface area contributed by atoms with E-state index in [1.54, 1.807) is 0 Å². The van der Waals surface area contributed by atoms with Crippen LogP contribution in [0.5, 0.6) is 0 Å². The number of hydrogen-bond donors (Lipinski definition) is 2. The molecule has 90 valence electrons. The Hall–Kier alpha value is -1.51. The van der Waals surface area contributed by atoms with Crippen LogP contribution >= 0.6 is 0 Å². The summed E-state index contributed by atoms with van der Waals surface area (Å²) >= 11 is 0. The first kappa shape index (κ1) is 10.6. The van der Waals surface area contributed by atoms with Crippen molar-refractivity contribution >= 4 is 6.03 Å². The summed E-state index contributed by atoms with van der Waals surface area (Å²) in [5.74, 6) is 0.627. The molecule has 1 unspecified atom stereocenters. The minimum atomic E-state index is -0.00625. The molecule has 17 heavy (non-hydrogen) atoms. The molecule has 3 nitrogen and oxygen atoms in total. The smallest absolute Gasteiger partial charge is 0.315 e. The molecule has 0 aromatic heterocycles. The molecule has 2 aliphatic carbocycles. The number of hydrogen-bond acceptors (Lipinski definition) is 1. The fraction of sp³-hybridized carbons (Fsp3) is 0.500. The highest BCUT2D eigenvalue weighted by Gasteiger charge is 2.34. The highest BCUT2D eigenvalue weighted by Crippen LogP contribution is 2.40. The Balaban J connectivity index is 1.65. The molecule has 1 aromatic carbocycles. The third kappa shape index (κ3) is 2.78. The van der Waals surface area contributed by atoms with Gasteiger partial charge >= 0.3 is 6.03 Å². The van der Waals surface area contributed by atoms with Gasteiger partial charge in [-0.15, -0.1) is 0 Å². The van der Waals surface area contributed by atoms with Gasteiger partial charge in [-0.1, -0.05) is 30.3 Å². The fourth-order valence-corrected chi connectivity index (χ4v) is 2.16. The Labute approximate surface area is 102 Å². The van der Waals surface area contributed by atoms with Gasteiger partial charge in [0.2, 0.25) is 0 Å². The molecule has 2 amide bonds. The van der Waals surface area contributed by atoms with E-state index in [4.69, 9.17) is 0 Å². The van der Waals surface area contributed by atoms with Gasteiger partial charge in [0.05, 0.1) is 6.04 Å². The van der Waals surface area contributed by atoms with Crippen LogP contribution in [0, 0.1) is 5.92 Å². The van der Waals surface area contributed by atoms with Crippen molar-refractivity contribution in [2.24, 2.45) is 5.92 Å². The number of carbonyl (C=O) groups is 1. The highest BCUT2D eigenvalue weighted by molar-refractivity contribution is 5.75. The van der Waals surface area contributed by atoms with Crippen LogP contribution in [0.2, 0.25) is 0 Å². The molecule has 0 radical (unpaired) electrons. The van der Waals surface area contributed by atoms with Gasteiger partial charge in [-0.2, -0.15) is 0 Å². The topological polar surface area (TPSA) is 41.1 Å². The normalized spacial score (nSPS) is 20.7. The highest BCUT2D eigenvalue weighted by atomic mass is 16.2. The monoisotopic (exact) mass is 230 g/mol. The Morgan fingerprint density at radius 1 is 1.12 bits per heavy atom. The lowest BCUT2D eigenvalue weighted by molar-refractivity contribution is 0.235. The second-order valence-corrected chi connectivity index (χ2v) is 5.12. The second-order valence-electron chi connectivity index (χ2n) is 5.12. The molecule has 3 heteroatoms. The summed E-state index contributed by atoms with van der Waals surface area (Å²) < 4.78 is 0. The van der Waals surface area contributed by atoms with Crippen molar-refractivity contribution in [2.45, 2.75) is 37.8 Å². The van der Waals surface area contributed by atoms with Gasteiger partial charge in [-0.3, -0.25) is 0 Å². The predicted octanol–water partition coefficient (Wildman–Crippen LogP) is 2.60. The maximum absolute atomic E-state index is 11.8. The van der Waals surface area contributed by atoms with Gasteiger partial charge in [0.15, 0.2) is 0 Å². The Bertz CT molecular complexity index is 396. The second kappa shape index (κ2) is 4.40. The van der Waals surface area contributed by atoms with Gasteiger partial charge in [0.1, 0.15) is 0 Å². The molecule has 1 atom stereocenters. The third-order valence-corrected chi connectivity index (χ3v) is 3.45. The number of rotatable bonds is 4. The van der Waals surface area contributed by atoms with Crippen molar-refractivity contribution in [1.82, 2.24) is 10.6 Å². The lowest BCUT2D eigenvalue weighted by atomic mass is 10.0. The third-order valence-electron chi connectivity index (χ3n) is 3.45. The van der Waals surface area contributed by atoms with Crippen molar-refractivity contribution in [1.29, 1.82) is 0 Å². The van der Waals surface area contributed by atoms with Crippen LogP contribution in [-0.2, 0) is 0 Å². The predicted molar refractivity (Wildman–Crippen MR) is 66.6 cm³/mol. The first-order chi connectivity index (χ1) is 8.33. The van der Waals surface area contributed by atoms with Crippen LogP contribution < -0.4 is 10.6 Å². The van der Waals surface area contributed by atoms with E-state index in [2.05, 4.69) is 22.8 Å². The van der Waals surface area contributed by atoms with Crippen molar-refractivity contribution < 1.29 is 4.79 Å². The summed E-state index contributed by atoms with van der Waals surface area (Å²) in [6.07, 6.45) is 4.71. The van der Waals surface area contributed by atoms with E-state index in [0.29, 0.717) is 12.0 Å². The number of urea groups is 1. The zero-order valence-electron chi connectivity index (χ0n) is 9.86. The Kier molecular flexibility index (Phi) is 2.75. The van der Waals surface area contributed by atoms with Gasteiger partial charge in [-0.25, -0.2) is 4.79 Å². The molecular weight excluding hydrogens is 212 g/mol. The molecule has 1 aromatic rings. The van der Waals surface area contributed by atoms with Crippen LogP contribution in [0.1, 0.15) is 37.3 Å². The number of nitrogens with one attached hydrogen (secondary N) is 2. The van der Waals surface area contributed by atoms with E-state index in [-0.39, 0.29) is 12.1 Å². The van der Waals surface area contributed by atoms with Gasteiger partial charge in [0.25, 0.3) is 0 Å². The molecule has 2 saturated carbocycles. The van der Waals surface area contributed by atoms with Crippen LogP contribution in [-0.4, -0.2) is 12.1 Å². The van der Waals surface area contributed by atoms with Gasteiger partial charge < -0.3 is 10.6 Å². The van der Waals surface area contributed by atoms with Crippen molar-refractivity contribution in [3.05, 3.63) is 35.9 Å². The lowest BCUT2D eigenvalue weighted by Crippen LogP contribution is -2.39. The quantitative estimate of drug-likeness (QED) is 0.820. The summed E-state index contributed by atoms with van der Waals surface area (Å²) in [6.45, 7) is 0. The summed E-state index contributed by atoms with van der Waals surface area (Å²) in [7, 11) is 0. The Morgan fingerprint density at radius 3 is 2.41 bits per heavy atom. The summed E-state index contributed by atoms with van der Waals surface area (Å²) in [5.41, 5.74) is 1.22. The number of amides is 2. The molecule has 0 aliphatic heterocycles. The maximum Gasteiger partial charge on any atom is 0.315 e. The zero-order valence-corrected chi connectivity index (χ0v) is 9.86. The first-order valence-electron chi connectivity index (χ1n) is 6.45. The summed E-state index contributed by atoms with van der Waals surface area (Å²) in [4.78, 5) is 11.8. The maximum atomic E-state index is 11.8. The van der Waals surface area contributed by atoms with E-state index in [1.807, 2.05) is 18.2 Å². The molecule has 2 aliphatic rings. The lowest BCUT2D eigenvalue weighted by Gasteiger charge is -2.19. The molecule has 0 bridgehead atoms. The first-order valence-corrected chi connectivity index (χ1v) is 6.45. The Morgan fingerprint density at radius 2 is 1.82 bits per heavy atom. The average Bonchev–Trinajstić information content (AvgIpc) is 3.20. The number of benzene rings is 1. The SMILES string of the molecule is O=C(NC1CC1)NC(c1ccccc1)C1CC1. The molecule has 2 N–H and O–H groups in total. The largest absolute Gasteiger partial charge is 0.335 e. The van der Waals surface area contributed by atoms with Crippen LogP contribution in [0.3, 0.4) is 0 Å². The summed E-state index contributed by atoms with van der Waals surface area (Å²) in [6, 6.07) is 10.9. The standard InChI is InChI=1S/C14H18N2O/c17-14(15-12-8-9-12)16-13(11-6-7-11)10-4-2-1-3-5-10/h1-5,11-13H,6-9H2,(H2,15,16,17). The van der Waals surface area contributed by atoms with Crippen LogP contribution in [0.25, 0.3) is 0 Å². The summed E-state index contributed by atoms with van der Waals surface area (Å²) in [5, 5.41) is 6.10. The van der Waals surface area contributed by atoms with Crippen molar-refractivity contribution in [2.75, 3.05) is 0 Å². The van der Waals surface area contributed by atoms with Crippen molar-refractivity contribution in [3.8, 4) is 0 Å². The average molecular weight is 230 g/mol. The van der Waals surface area contributed by atoms with Crippen LogP contribution in [0.4, 0.5) is 4.79 Å². The van der Waals surface area contributed by atoms with Crippen molar-refractivity contribution in [3.63, 3.8) is 0 Å². The molecule has 3 rings (SSSR count). The fourth-order valence-electron chi connectivity index (χ4n) is 2.16. The molecule has 2 fully saturated rings. The van der Waals surface area contributed by atoms with Gasteiger partial charge in [-0.05, 0) is 37.2 Å². The molecule has 0 spiro atoms. The van der Waals surface area contributed by atoms with E-state index >= 15 is 0 Å². The molecule has 0 heterocycles. The minimum Gasteiger partial charge on any atom is -0.335 e. The van der Waals surface area contributed by atoms with E-state index in [0.717, 1.165) is 12.8 Å². The van der Waals surface area contributed by atoms with Gasteiger partial charge in [0, 0.05) is 6.04 Å². The molecular formula is C14H18N2O. The minimum absolute atomic E-state index is 0.00625. The van der Waals surface area contributed by atoms with E-state index in [9.17, 15) is 4.79 Å². The number of carbonyl (C=O) groups excluding carboxylic acids is 1. The molecule has 0 saturated heterocycles. The van der Waals surface area contributed by atoms with E-state index < -0.39 is 0 Å². The zero-order chi connectivity index (χ0) is 11.7. The van der Waals surface area contributed by atoms with E-state index in [1.165, 1.54) is 18.4 Å². The van der Waals surface area contributed by atoms with Crippen LogP contribution in [0.15, 0.2) is 30.3 Å².